The zero-order valence-corrected chi connectivity index (χ0v) is 32.4. The van der Waals surface area contributed by atoms with E-state index in [1.807, 2.05) is 73.4 Å². The van der Waals surface area contributed by atoms with Crippen molar-refractivity contribution in [3.05, 3.63) is 94.5 Å². The molecular weight excluding hydrogens is 737 g/mol. The summed E-state index contributed by atoms with van der Waals surface area (Å²) >= 11 is 0. The molecule has 0 amide bonds. The van der Waals surface area contributed by atoms with Crippen LogP contribution in [0, 0.1) is 6.92 Å². The number of rotatable bonds is 17. The van der Waals surface area contributed by atoms with Gasteiger partial charge in [-0.05, 0) is 74.6 Å². The van der Waals surface area contributed by atoms with Crippen LogP contribution >= 0.6 is 0 Å². The zero-order valence-electron chi connectivity index (χ0n) is 30.7. The number of aliphatic carboxylic acids is 1. The van der Waals surface area contributed by atoms with E-state index < -0.39 is 42.3 Å². The molecular formula is C39H45N2O11S2-. The second-order valence-electron chi connectivity index (χ2n) is 13.5. The van der Waals surface area contributed by atoms with E-state index in [1.54, 1.807) is 14.2 Å². The van der Waals surface area contributed by atoms with Crippen molar-refractivity contribution in [1.82, 2.24) is 4.58 Å². The molecule has 2 heterocycles. The minimum absolute atomic E-state index is 0.0450. The monoisotopic (exact) mass is 781 g/mol. The summed E-state index contributed by atoms with van der Waals surface area (Å²) in [5, 5.41) is 10.4. The Hall–Kier alpha value is -4.38. The van der Waals surface area contributed by atoms with E-state index in [1.165, 1.54) is 18.2 Å². The minimum Gasteiger partial charge on any atom is -0.748 e. The van der Waals surface area contributed by atoms with Crippen LogP contribution in [-0.4, -0.2) is 89.8 Å². The fourth-order valence-electron chi connectivity index (χ4n) is 7.13. The largest absolute Gasteiger partial charge is 0.748 e. The summed E-state index contributed by atoms with van der Waals surface area (Å²) < 4.78 is 91.3. The normalized spacial score (nSPS) is 16.6. The van der Waals surface area contributed by atoms with Gasteiger partial charge >= 0.3 is 5.97 Å². The third-order valence-corrected chi connectivity index (χ3v) is 11.5. The summed E-state index contributed by atoms with van der Waals surface area (Å²) in [6, 6.07) is 19.5. The number of fused-ring (bicyclic) bond motifs is 2. The van der Waals surface area contributed by atoms with Crippen LogP contribution in [0.3, 0.4) is 0 Å². The Morgan fingerprint density at radius 3 is 2.26 bits per heavy atom. The van der Waals surface area contributed by atoms with Crippen LogP contribution < -0.4 is 14.8 Å². The molecule has 0 fully saturated rings. The topological polar surface area (TPSA) is 190 Å². The molecule has 3 aliphatic rings. The quantitative estimate of drug-likeness (QED) is 0.116. The summed E-state index contributed by atoms with van der Waals surface area (Å²) in [7, 11) is -6.15. The van der Waals surface area contributed by atoms with Gasteiger partial charge in [-0.15, -0.1) is 0 Å². The van der Waals surface area contributed by atoms with Gasteiger partial charge in [0.05, 0.1) is 21.1 Å². The molecule has 1 aliphatic carbocycles. The van der Waals surface area contributed by atoms with Crippen molar-refractivity contribution in [2.45, 2.75) is 49.8 Å². The average Bonchev–Trinajstić information content (AvgIpc) is 3.34. The Morgan fingerprint density at radius 1 is 0.963 bits per heavy atom. The van der Waals surface area contributed by atoms with Gasteiger partial charge in [0.1, 0.15) is 34.9 Å². The SMILES string of the molecule is COCC[N+](CCOC)=c1ccc2c(/C=C3\N(CCCS(=O)(=O)[O-])c4ccc(S(=O)(=O)[O-])cc4C3(C)CCCC(=O)O)c(C)c(-c3ccccc3)oc-2c1. The number of carboxylic acids is 1. The fraction of sp³-hybridized carbons (Fsp3) is 0.385. The molecule has 2 aromatic carbocycles. The number of methoxy groups -OCH3 is 2. The summed E-state index contributed by atoms with van der Waals surface area (Å²) in [4.78, 5) is 13.1. The number of hydrogen-bond acceptors (Lipinski definition) is 11. The zero-order chi connectivity index (χ0) is 39.3. The average molecular weight is 782 g/mol. The number of hydrogen-bond donors (Lipinski definition) is 1. The Bertz CT molecular complexity index is 2270. The highest BCUT2D eigenvalue weighted by molar-refractivity contribution is 7.86. The lowest BCUT2D eigenvalue weighted by atomic mass is 9.76. The predicted molar refractivity (Wildman–Crippen MR) is 202 cm³/mol. The highest BCUT2D eigenvalue weighted by Gasteiger charge is 2.44. The first-order valence-electron chi connectivity index (χ1n) is 17.5. The van der Waals surface area contributed by atoms with Gasteiger partial charge in [-0.2, -0.15) is 0 Å². The van der Waals surface area contributed by atoms with Gasteiger partial charge in [0, 0.05) is 72.5 Å². The highest BCUT2D eigenvalue weighted by atomic mass is 32.2. The van der Waals surface area contributed by atoms with Crippen LogP contribution in [0.5, 0.6) is 0 Å². The molecule has 0 spiro atoms. The van der Waals surface area contributed by atoms with Gasteiger partial charge in [-0.1, -0.05) is 30.3 Å². The van der Waals surface area contributed by atoms with E-state index in [-0.39, 0.29) is 32.2 Å². The molecule has 1 unspecified atom stereocenters. The molecule has 1 N–H and O–H groups in total. The molecule has 0 bridgehead atoms. The Labute approximate surface area is 316 Å². The smallest absolute Gasteiger partial charge is 0.303 e. The van der Waals surface area contributed by atoms with Crippen LogP contribution in [0.2, 0.25) is 0 Å². The lowest BCUT2D eigenvalue weighted by molar-refractivity contribution is -0.137. The van der Waals surface area contributed by atoms with E-state index in [4.69, 9.17) is 13.9 Å². The molecule has 13 nitrogen and oxygen atoms in total. The number of carboxylic acid groups (broad SMARTS) is 1. The highest BCUT2D eigenvalue weighted by Crippen LogP contribution is 2.53. The Kier molecular flexibility index (Phi) is 12.8. The molecule has 0 saturated carbocycles. The molecule has 2 aromatic rings. The number of anilines is 1. The summed E-state index contributed by atoms with van der Waals surface area (Å²) in [6.07, 6.45) is 2.19. The third-order valence-electron chi connectivity index (χ3n) is 9.87. The van der Waals surface area contributed by atoms with E-state index in [9.17, 15) is 35.8 Å². The van der Waals surface area contributed by atoms with E-state index in [0.717, 1.165) is 27.6 Å². The fourth-order valence-corrected chi connectivity index (χ4v) is 8.11. The van der Waals surface area contributed by atoms with Gasteiger partial charge < -0.3 is 33.0 Å². The summed E-state index contributed by atoms with van der Waals surface area (Å²) in [5.74, 6) is -0.477. The number of ether oxygens (including phenoxy) is 2. The van der Waals surface area contributed by atoms with Crippen molar-refractivity contribution in [2.24, 2.45) is 0 Å². The van der Waals surface area contributed by atoms with Crippen LogP contribution in [0.25, 0.3) is 28.7 Å². The maximum absolute atomic E-state index is 12.2. The molecule has 2 aliphatic heterocycles. The number of allylic oxidation sites excluding steroid dienone is 1. The van der Waals surface area contributed by atoms with Crippen molar-refractivity contribution in [3.8, 4) is 22.6 Å². The molecule has 0 aromatic heterocycles. The maximum Gasteiger partial charge on any atom is 0.303 e. The van der Waals surface area contributed by atoms with Crippen molar-refractivity contribution in [3.63, 3.8) is 0 Å². The Balaban J connectivity index is 1.83. The molecule has 5 rings (SSSR count). The first-order chi connectivity index (χ1) is 25.6. The van der Waals surface area contributed by atoms with Gasteiger partial charge in [0.25, 0.3) is 0 Å². The van der Waals surface area contributed by atoms with E-state index >= 15 is 0 Å². The predicted octanol–water partition coefficient (Wildman–Crippen LogP) is 4.64. The molecule has 290 valence electrons. The summed E-state index contributed by atoms with van der Waals surface area (Å²) in [6.45, 7) is 6.02. The number of carbonyl (C=O) groups is 1. The van der Waals surface area contributed by atoms with Crippen molar-refractivity contribution in [2.75, 3.05) is 57.7 Å². The number of benzene rings is 3. The minimum atomic E-state index is -4.87. The van der Waals surface area contributed by atoms with Gasteiger partial charge in [-0.3, -0.25) is 4.79 Å². The summed E-state index contributed by atoms with van der Waals surface area (Å²) in [5.41, 5.74) is 3.67. The molecule has 0 radical (unpaired) electrons. The molecule has 0 saturated heterocycles. The van der Waals surface area contributed by atoms with Crippen molar-refractivity contribution < 1.29 is 49.7 Å². The molecule has 54 heavy (non-hydrogen) atoms. The van der Waals surface area contributed by atoms with Gasteiger partial charge in [0.15, 0.2) is 13.1 Å². The van der Waals surface area contributed by atoms with E-state index in [2.05, 4.69) is 4.58 Å². The second kappa shape index (κ2) is 17.0. The van der Waals surface area contributed by atoms with Crippen LogP contribution in [0.1, 0.15) is 49.3 Å². The maximum atomic E-state index is 12.2. The van der Waals surface area contributed by atoms with Crippen LogP contribution in [0.4, 0.5) is 5.69 Å². The standard InChI is InChI=1S/C39H46N2O11S2/c1-27-32(31-15-13-29(40(19-21-50-3)20-22-51-4)24-35(31)52-38(27)28-10-6-5-7-11-28)26-36-39(2,17-8-12-37(42)43)33-25-30(54(47,48)49)14-16-34(33)41(36)18-9-23-53(44,45)46/h5-7,10-11,13-16,24-26H,8-9,12,17-23H2,1-4H3,(H2-,42,43,44,45,46,47,48,49)/p-1. The molecule has 1 atom stereocenters. The van der Waals surface area contributed by atoms with Crippen molar-refractivity contribution >= 4 is 38.0 Å². The molecule has 15 heteroatoms. The van der Waals surface area contributed by atoms with Gasteiger partial charge in [-0.25, -0.2) is 21.4 Å². The first-order valence-corrected chi connectivity index (χ1v) is 20.5. The lowest BCUT2D eigenvalue weighted by Gasteiger charge is -2.31. The van der Waals surface area contributed by atoms with Crippen LogP contribution in [0.15, 0.2) is 81.7 Å². The lowest BCUT2D eigenvalue weighted by Crippen LogP contribution is -2.35. The van der Waals surface area contributed by atoms with Gasteiger partial charge in [0.2, 0.25) is 5.36 Å². The van der Waals surface area contributed by atoms with Crippen molar-refractivity contribution in [1.29, 1.82) is 0 Å². The Morgan fingerprint density at radius 2 is 1.65 bits per heavy atom. The van der Waals surface area contributed by atoms with E-state index in [0.29, 0.717) is 54.8 Å². The van der Waals surface area contributed by atoms with Crippen LogP contribution in [-0.2, 0) is 39.9 Å². The second-order valence-corrected chi connectivity index (χ2v) is 16.4. The number of nitrogens with zero attached hydrogens (tertiary/aromatic N) is 2. The first kappa shape index (κ1) is 40.8. The third kappa shape index (κ3) is 9.28.